The van der Waals surface area contributed by atoms with Gasteiger partial charge < -0.3 is 9.47 Å². The first-order valence-electron chi connectivity index (χ1n) is 6.00. The first-order chi connectivity index (χ1) is 9.21. The largest absolute Gasteiger partial charge is 0.497 e. The molecule has 0 saturated carbocycles. The fourth-order valence-electron chi connectivity index (χ4n) is 1.67. The molecule has 0 aliphatic heterocycles. The van der Waals surface area contributed by atoms with E-state index in [-0.39, 0.29) is 0 Å². The lowest BCUT2D eigenvalue weighted by Crippen LogP contribution is -2.01. The zero-order valence-electron chi connectivity index (χ0n) is 10.9. The Morgan fingerprint density at radius 3 is 2.53 bits per heavy atom. The predicted molar refractivity (Wildman–Crippen MR) is 74.0 cm³/mol. The maximum atomic E-state index is 5.95. The lowest BCUT2D eigenvalue weighted by atomic mass is 10.1. The Morgan fingerprint density at radius 2 is 1.89 bits per heavy atom. The molecular formula is C14H15ClN2O2. The molecule has 0 atom stereocenters. The van der Waals surface area contributed by atoms with E-state index >= 15 is 0 Å². The van der Waals surface area contributed by atoms with Gasteiger partial charge in [-0.05, 0) is 24.6 Å². The Labute approximate surface area is 117 Å². The summed E-state index contributed by atoms with van der Waals surface area (Å²) in [4.78, 5) is 8.51. The molecule has 1 aromatic carbocycles. The second-order valence-corrected chi connectivity index (χ2v) is 4.29. The summed E-state index contributed by atoms with van der Waals surface area (Å²) < 4.78 is 10.5. The molecule has 0 fully saturated rings. The van der Waals surface area contributed by atoms with Gasteiger partial charge in [-0.2, -0.15) is 4.98 Å². The quantitative estimate of drug-likeness (QED) is 0.788. The molecule has 0 aliphatic carbocycles. The number of hydrogen-bond donors (Lipinski definition) is 0. The topological polar surface area (TPSA) is 44.2 Å². The van der Waals surface area contributed by atoms with Crippen molar-refractivity contribution < 1.29 is 9.47 Å². The van der Waals surface area contributed by atoms with Crippen LogP contribution in [0.2, 0.25) is 5.15 Å². The molecule has 1 heterocycles. The number of methoxy groups -OCH3 is 1. The maximum absolute atomic E-state index is 5.95. The Bertz CT molecular complexity index is 544. The van der Waals surface area contributed by atoms with Gasteiger partial charge in [0.1, 0.15) is 16.7 Å². The van der Waals surface area contributed by atoms with E-state index in [2.05, 4.69) is 9.97 Å². The SMILES string of the molecule is CCOc1cc(Cl)nc(Cc2ccc(OC)cc2)n1. The van der Waals surface area contributed by atoms with E-state index in [1.165, 1.54) is 0 Å². The Kier molecular flexibility index (Phi) is 4.58. The molecule has 100 valence electrons. The van der Waals surface area contributed by atoms with E-state index in [0.29, 0.717) is 29.9 Å². The van der Waals surface area contributed by atoms with Crippen molar-refractivity contribution in [2.75, 3.05) is 13.7 Å². The molecule has 0 bridgehead atoms. The average molecular weight is 279 g/mol. The number of halogens is 1. The smallest absolute Gasteiger partial charge is 0.218 e. The third-order valence-electron chi connectivity index (χ3n) is 2.53. The van der Waals surface area contributed by atoms with Gasteiger partial charge in [0.05, 0.1) is 13.7 Å². The third kappa shape index (κ3) is 3.83. The summed E-state index contributed by atoms with van der Waals surface area (Å²) in [5, 5.41) is 0.391. The Morgan fingerprint density at radius 1 is 1.16 bits per heavy atom. The Balaban J connectivity index is 2.17. The van der Waals surface area contributed by atoms with E-state index in [4.69, 9.17) is 21.1 Å². The molecule has 0 amide bonds. The van der Waals surface area contributed by atoms with Crippen molar-refractivity contribution in [3.8, 4) is 11.6 Å². The number of aromatic nitrogens is 2. The van der Waals surface area contributed by atoms with Crippen LogP contribution in [0, 0.1) is 0 Å². The second-order valence-electron chi connectivity index (χ2n) is 3.90. The number of nitrogens with zero attached hydrogens (tertiary/aromatic N) is 2. The first kappa shape index (κ1) is 13.6. The fraction of sp³-hybridized carbons (Fsp3) is 0.286. The highest BCUT2D eigenvalue weighted by molar-refractivity contribution is 6.29. The molecule has 0 N–H and O–H groups in total. The van der Waals surface area contributed by atoms with Crippen LogP contribution in [0.1, 0.15) is 18.3 Å². The van der Waals surface area contributed by atoms with Crippen LogP contribution in [0.15, 0.2) is 30.3 Å². The van der Waals surface area contributed by atoms with E-state index in [9.17, 15) is 0 Å². The van der Waals surface area contributed by atoms with Crippen LogP contribution in [-0.2, 0) is 6.42 Å². The minimum Gasteiger partial charge on any atom is -0.497 e. The molecule has 19 heavy (non-hydrogen) atoms. The minimum atomic E-state index is 0.391. The van der Waals surface area contributed by atoms with Gasteiger partial charge in [0.2, 0.25) is 5.88 Å². The van der Waals surface area contributed by atoms with E-state index in [1.807, 2.05) is 31.2 Å². The first-order valence-corrected chi connectivity index (χ1v) is 6.38. The molecule has 0 unspecified atom stereocenters. The van der Waals surface area contributed by atoms with E-state index in [1.54, 1.807) is 13.2 Å². The lowest BCUT2D eigenvalue weighted by molar-refractivity contribution is 0.325. The van der Waals surface area contributed by atoms with Gasteiger partial charge in [0.15, 0.2) is 0 Å². The van der Waals surface area contributed by atoms with Crippen molar-refractivity contribution in [3.63, 3.8) is 0 Å². The molecular weight excluding hydrogens is 264 g/mol. The minimum absolute atomic E-state index is 0.391. The van der Waals surface area contributed by atoms with Crippen molar-refractivity contribution in [1.29, 1.82) is 0 Å². The van der Waals surface area contributed by atoms with Crippen LogP contribution >= 0.6 is 11.6 Å². The number of benzene rings is 1. The zero-order chi connectivity index (χ0) is 13.7. The van der Waals surface area contributed by atoms with Crippen molar-refractivity contribution in [3.05, 3.63) is 46.9 Å². The highest BCUT2D eigenvalue weighted by Crippen LogP contribution is 2.17. The third-order valence-corrected chi connectivity index (χ3v) is 2.72. The standard InChI is InChI=1S/C14H15ClN2O2/c1-3-19-14-9-12(15)16-13(17-14)8-10-4-6-11(18-2)7-5-10/h4-7,9H,3,8H2,1-2H3. The van der Waals surface area contributed by atoms with Crippen LogP contribution in [0.3, 0.4) is 0 Å². The summed E-state index contributed by atoms with van der Waals surface area (Å²) >= 11 is 5.95. The monoisotopic (exact) mass is 278 g/mol. The Hall–Kier alpha value is -1.81. The normalized spacial score (nSPS) is 10.3. The van der Waals surface area contributed by atoms with Gasteiger partial charge in [-0.25, -0.2) is 4.98 Å². The fourth-order valence-corrected chi connectivity index (χ4v) is 1.86. The zero-order valence-corrected chi connectivity index (χ0v) is 11.6. The molecule has 0 spiro atoms. The van der Waals surface area contributed by atoms with Gasteiger partial charge >= 0.3 is 0 Å². The molecule has 0 radical (unpaired) electrons. The van der Waals surface area contributed by atoms with Crippen molar-refractivity contribution in [2.24, 2.45) is 0 Å². The van der Waals surface area contributed by atoms with Crippen LogP contribution in [-0.4, -0.2) is 23.7 Å². The second kappa shape index (κ2) is 6.38. The number of rotatable bonds is 5. The summed E-state index contributed by atoms with van der Waals surface area (Å²) in [6, 6.07) is 9.38. The van der Waals surface area contributed by atoms with E-state index in [0.717, 1.165) is 11.3 Å². The summed E-state index contributed by atoms with van der Waals surface area (Å²) in [6.07, 6.45) is 0.602. The van der Waals surface area contributed by atoms with Crippen LogP contribution in [0.25, 0.3) is 0 Å². The molecule has 5 heteroatoms. The highest BCUT2D eigenvalue weighted by atomic mass is 35.5. The average Bonchev–Trinajstić information content (AvgIpc) is 2.39. The van der Waals surface area contributed by atoms with Crippen LogP contribution in [0.4, 0.5) is 0 Å². The van der Waals surface area contributed by atoms with Crippen LogP contribution < -0.4 is 9.47 Å². The van der Waals surface area contributed by atoms with Gasteiger partial charge in [-0.15, -0.1) is 0 Å². The van der Waals surface area contributed by atoms with Crippen molar-refractivity contribution in [2.45, 2.75) is 13.3 Å². The van der Waals surface area contributed by atoms with Crippen LogP contribution in [0.5, 0.6) is 11.6 Å². The summed E-state index contributed by atoms with van der Waals surface area (Å²) in [5.74, 6) is 1.97. The lowest BCUT2D eigenvalue weighted by Gasteiger charge is -2.06. The van der Waals surface area contributed by atoms with Gasteiger partial charge in [-0.3, -0.25) is 0 Å². The summed E-state index contributed by atoms with van der Waals surface area (Å²) in [5.41, 5.74) is 1.09. The van der Waals surface area contributed by atoms with Gasteiger partial charge in [-0.1, -0.05) is 23.7 Å². The number of ether oxygens (including phenoxy) is 2. The molecule has 2 rings (SSSR count). The van der Waals surface area contributed by atoms with Gasteiger partial charge in [0, 0.05) is 12.5 Å². The molecule has 2 aromatic rings. The van der Waals surface area contributed by atoms with E-state index < -0.39 is 0 Å². The molecule has 0 aliphatic rings. The summed E-state index contributed by atoms with van der Waals surface area (Å²) in [7, 11) is 1.64. The predicted octanol–water partition coefficient (Wildman–Crippen LogP) is 3.13. The molecule has 1 aromatic heterocycles. The molecule has 0 saturated heterocycles. The number of hydrogen-bond acceptors (Lipinski definition) is 4. The maximum Gasteiger partial charge on any atom is 0.218 e. The summed E-state index contributed by atoms with van der Waals surface area (Å²) in [6.45, 7) is 2.45. The highest BCUT2D eigenvalue weighted by Gasteiger charge is 2.05. The molecule has 4 nitrogen and oxygen atoms in total. The van der Waals surface area contributed by atoms with Crippen molar-refractivity contribution >= 4 is 11.6 Å². The van der Waals surface area contributed by atoms with Crippen molar-refractivity contribution in [1.82, 2.24) is 9.97 Å². The van der Waals surface area contributed by atoms with Gasteiger partial charge in [0.25, 0.3) is 0 Å².